The van der Waals surface area contributed by atoms with Gasteiger partial charge in [0.25, 0.3) is 0 Å². The van der Waals surface area contributed by atoms with E-state index in [4.69, 9.17) is 0 Å². The van der Waals surface area contributed by atoms with Gasteiger partial charge < -0.3 is 0 Å². The first kappa shape index (κ1) is 9.70. The van der Waals surface area contributed by atoms with Crippen LogP contribution in [0.25, 0.3) is 0 Å². The Labute approximate surface area is 67.6 Å². The maximum absolute atomic E-state index is 4.07. The molecule has 0 rings (SSSR count). The third-order valence-corrected chi connectivity index (χ3v) is 2.18. The molecule has 0 nitrogen and oxygen atoms in total. The molecule has 0 aromatic heterocycles. The molecule has 0 saturated heterocycles. The van der Waals surface area contributed by atoms with Gasteiger partial charge in [0.1, 0.15) is 0 Å². The van der Waals surface area contributed by atoms with Gasteiger partial charge >= 0.3 is 0 Å². The van der Waals surface area contributed by atoms with Crippen LogP contribution in [0.3, 0.4) is 0 Å². The summed E-state index contributed by atoms with van der Waals surface area (Å²) in [5.74, 6) is 1.18. The van der Waals surface area contributed by atoms with Crippen molar-refractivity contribution in [3.8, 4) is 0 Å². The normalized spacial score (nSPS) is 12.0. The lowest BCUT2D eigenvalue weighted by molar-refractivity contribution is 0.375. The highest BCUT2D eigenvalue weighted by Gasteiger charge is 2.08. The van der Waals surface area contributed by atoms with Crippen LogP contribution in [0.1, 0.15) is 33.6 Å². The van der Waals surface area contributed by atoms with E-state index < -0.39 is 0 Å². The van der Waals surface area contributed by atoms with Crippen molar-refractivity contribution < 1.29 is 0 Å². The fourth-order valence-corrected chi connectivity index (χ4v) is 1.33. The minimum Gasteiger partial charge on any atom is -0.111 e. The minimum atomic E-state index is 0.503. The van der Waals surface area contributed by atoms with Gasteiger partial charge in [0.05, 0.1) is 0 Å². The van der Waals surface area contributed by atoms with Crippen LogP contribution in [0.5, 0.6) is 0 Å². The second kappa shape index (κ2) is 4.51. The summed E-state index contributed by atoms with van der Waals surface area (Å²) in [7, 11) is 1.64. The van der Waals surface area contributed by atoms with Gasteiger partial charge in [0, 0.05) is 5.75 Å². The zero-order valence-electron chi connectivity index (χ0n) is 6.48. The Bertz CT molecular complexity index is 63.8. The lowest BCUT2D eigenvalue weighted by Crippen LogP contribution is -2.04. The Hall–Kier alpha value is 0.700. The van der Waals surface area contributed by atoms with Crippen molar-refractivity contribution in [1.82, 2.24) is 0 Å². The Morgan fingerprint density at radius 2 is 1.89 bits per heavy atom. The smallest absolute Gasteiger partial charge is 0.00346 e. The van der Waals surface area contributed by atoms with E-state index in [9.17, 15) is 0 Å². The zero-order chi connectivity index (χ0) is 7.33. The zero-order valence-corrected chi connectivity index (χ0v) is 8.19. The van der Waals surface area contributed by atoms with E-state index in [1.165, 1.54) is 18.6 Å². The van der Waals surface area contributed by atoms with Crippen molar-refractivity contribution in [2.24, 2.45) is 5.41 Å². The highest BCUT2D eigenvalue weighted by Crippen LogP contribution is 2.22. The summed E-state index contributed by atoms with van der Waals surface area (Å²) < 4.78 is 0. The minimum absolute atomic E-state index is 0.503. The molecule has 0 aliphatic heterocycles. The summed E-state index contributed by atoms with van der Waals surface area (Å²) in [6.07, 6.45) is 2.60. The fourth-order valence-electron chi connectivity index (χ4n) is 0.667. The molecule has 0 bridgehead atoms. The first-order valence-corrected chi connectivity index (χ1v) is 5.36. The van der Waals surface area contributed by atoms with Crippen LogP contribution in [0, 0.1) is 5.41 Å². The number of hydrogen-bond acceptors (Lipinski definition) is 2. The summed E-state index contributed by atoms with van der Waals surface area (Å²) in [5, 5.41) is 0. The van der Waals surface area contributed by atoms with Gasteiger partial charge in [-0.15, -0.1) is 11.7 Å². The van der Waals surface area contributed by atoms with Crippen molar-refractivity contribution in [1.29, 1.82) is 0 Å². The van der Waals surface area contributed by atoms with Crippen molar-refractivity contribution in [3.05, 3.63) is 0 Å². The van der Waals surface area contributed by atoms with Crippen LogP contribution in [0.2, 0.25) is 0 Å². The van der Waals surface area contributed by atoms with Crippen LogP contribution >= 0.6 is 22.5 Å². The standard InChI is InChI=1S/C7H16S2/c1-7(2,3)5-4-6-9-8/h8H,4-6H2,1-3H3. The van der Waals surface area contributed by atoms with E-state index in [0.717, 1.165) is 0 Å². The van der Waals surface area contributed by atoms with Crippen LogP contribution in [-0.4, -0.2) is 5.75 Å². The predicted molar refractivity (Wildman–Crippen MR) is 50.1 cm³/mol. The Kier molecular flexibility index (Phi) is 4.86. The van der Waals surface area contributed by atoms with Crippen molar-refractivity contribution >= 4 is 22.5 Å². The molecule has 0 atom stereocenters. The van der Waals surface area contributed by atoms with Gasteiger partial charge in [-0.1, -0.05) is 31.6 Å². The lowest BCUT2D eigenvalue weighted by Gasteiger charge is -2.16. The molecule has 0 N–H and O–H groups in total. The molecular weight excluding hydrogens is 148 g/mol. The first-order chi connectivity index (χ1) is 4.06. The Morgan fingerprint density at radius 3 is 2.22 bits per heavy atom. The summed E-state index contributed by atoms with van der Waals surface area (Å²) in [6, 6.07) is 0. The van der Waals surface area contributed by atoms with Crippen LogP contribution < -0.4 is 0 Å². The molecule has 0 heterocycles. The van der Waals surface area contributed by atoms with Crippen molar-refractivity contribution in [2.45, 2.75) is 33.6 Å². The van der Waals surface area contributed by atoms with Crippen LogP contribution in [-0.2, 0) is 0 Å². The maximum atomic E-state index is 4.07. The lowest BCUT2D eigenvalue weighted by atomic mass is 9.91. The van der Waals surface area contributed by atoms with E-state index in [2.05, 4.69) is 32.4 Å². The van der Waals surface area contributed by atoms with E-state index in [-0.39, 0.29) is 0 Å². The molecule has 0 saturated carbocycles. The fraction of sp³-hybridized carbons (Fsp3) is 1.00. The molecule has 0 unspecified atom stereocenters. The van der Waals surface area contributed by atoms with Gasteiger partial charge in [-0.3, -0.25) is 0 Å². The molecule has 0 aromatic rings. The second-order valence-corrected chi connectivity index (χ2v) is 4.94. The third-order valence-electron chi connectivity index (χ3n) is 1.16. The highest BCUT2D eigenvalue weighted by atomic mass is 33.1. The number of rotatable bonds is 3. The van der Waals surface area contributed by atoms with Crippen LogP contribution in [0.4, 0.5) is 0 Å². The van der Waals surface area contributed by atoms with Gasteiger partial charge in [0.2, 0.25) is 0 Å². The average Bonchev–Trinajstić information content (AvgIpc) is 1.63. The molecule has 0 radical (unpaired) electrons. The van der Waals surface area contributed by atoms with Crippen molar-refractivity contribution in [3.63, 3.8) is 0 Å². The van der Waals surface area contributed by atoms with Gasteiger partial charge in [0.15, 0.2) is 0 Å². The SMILES string of the molecule is CC(C)(C)CCCSS. The molecule has 0 fully saturated rings. The summed E-state index contributed by atoms with van der Waals surface area (Å²) in [5.41, 5.74) is 0.503. The molecule has 56 valence electrons. The predicted octanol–water partition coefficient (Wildman–Crippen LogP) is 3.39. The van der Waals surface area contributed by atoms with Crippen molar-refractivity contribution in [2.75, 3.05) is 5.75 Å². The summed E-state index contributed by atoms with van der Waals surface area (Å²) >= 11 is 4.07. The van der Waals surface area contributed by atoms with Gasteiger partial charge in [-0.25, -0.2) is 0 Å². The molecule has 0 aromatic carbocycles. The third kappa shape index (κ3) is 8.70. The summed E-state index contributed by atoms with van der Waals surface area (Å²) in [6.45, 7) is 6.82. The number of thiol groups is 1. The Balaban J connectivity index is 3.07. The van der Waals surface area contributed by atoms with E-state index in [1.807, 2.05) is 0 Å². The quantitative estimate of drug-likeness (QED) is 0.379. The van der Waals surface area contributed by atoms with E-state index in [1.54, 1.807) is 10.8 Å². The van der Waals surface area contributed by atoms with Gasteiger partial charge in [-0.2, -0.15) is 0 Å². The highest BCUT2D eigenvalue weighted by molar-refractivity contribution is 8.68. The largest absolute Gasteiger partial charge is 0.111 e. The monoisotopic (exact) mass is 164 g/mol. The first-order valence-electron chi connectivity index (χ1n) is 3.32. The molecule has 0 aliphatic carbocycles. The van der Waals surface area contributed by atoms with Crippen LogP contribution in [0.15, 0.2) is 0 Å². The Morgan fingerprint density at radius 1 is 1.33 bits per heavy atom. The molecule has 0 amide bonds. The van der Waals surface area contributed by atoms with E-state index in [0.29, 0.717) is 5.41 Å². The second-order valence-electron chi connectivity index (χ2n) is 3.50. The molecular formula is C7H16S2. The molecule has 2 heteroatoms. The summed E-state index contributed by atoms with van der Waals surface area (Å²) in [4.78, 5) is 0. The molecule has 0 aliphatic rings. The average molecular weight is 164 g/mol. The molecule has 9 heavy (non-hydrogen) atoms. The number of hydrogen-bond donors (Lipinski definition) is 1. The topological polar surface area (TPSA) is 0 Å². The molecule has 0 spiro atoms. The van der Waals surface area contributed by atoms with E-state index >= 15 is 0 Å². The maximum Gasteiger partial charge on any atom is 0.00346 e. The van der Waals surface area contributed by atoms with Gasteiger partial charge in [-0.05, 0) is 18.3 Å².